The van der Waals surface area contributed by atoms with E-state index < -0.39 is 0 Å². The summed E-state index contributed by atoms with van der Waals surface area (Å²) in [5.74, 6) is 1.49. The second-order valence-electron chi connectivity index (χ2n) is 5.07. The quantitative estimate of drug-likeness (QED) is 0.358. The molecular weight excluding hydrogens is 226 g/mol. The fourth-order valence-corrected chi connectivity index (χ4v) is 1.78. The van der Waals surface area contributed by atoms with Gasteiger partial charge >= 0.3 is 0 Å². The zero-order valence-electron chi connectivity index (χ0n) is 11.7. The molecular formula is C15H23NO2. The maximum absolute atomic E-state index is 8.88. The van der Waals surface area contributed by atoms with Crippen molar-refractivity contribution in [2.45, 2.75) is 40.5 Å². The highest BCUT2D eigenvalue weighted by atomic mass is 16.5. The summed E-state index contributed by atoms with van der Waals surface area (Å²) in [7, 11) is 0. The van der Waals surface area contributed by atoms with Gasteiger partial charge in [0.25, 0.3) is 0 Å². The van der Waals surface area contributed by atoms with Crippen molar-refractivity contribution in [3.63, 3.8) is 0 Å². The van der Waals surface area contributed by atoms with E-state index >= 15 is 0 Å². The molecule has 0 unspecified atom stereocenters. The molecule has 0 saturated carbocycles. The molecule has 1 aromatic carbocycles. The molecule has 0 bridgehead atoms. The van der Waals surface area contributed by atoms with E-state index in [4.69, 9.17) is 9.94 Å². The van der Waals surface area contributed by atoms with Crippen LogP contribution in [-0.4, -0.2) is 17.5 Å². The highest BCUT2D eigenvalue weighted by Crippen LogP contribution is 2.21. The van der Waals surface area contributed by atoms with Gasteiger partial charge in [-0.3, -0.25) is 0 Å². The van der Waals surface area contributed by atoms with E-state index in [0.29, 0.717) is 18.2 Å². The van der Waals surface area contributed by atoms with Gasteiger partial charge in [-0.25, -0.2) is 0 Å². The smallest absolute Gasteiger partial charge is 0.128 e. The van der Waals surface area contributed by atoms with E-state index in [0.717, 1.165) is 29.7 Å². The van der Waals surface area contributed by atoms with Crippen LogP contribution in [0, 0.1) is 12.8 Å². The van der Waals surface area contributed by atoms with Crippen LogP contribution in [0.25, 0.3) is 0 Å². The van der Waals surface area contributed by atoms with Crippen LogP contribution >= 0.6 is 0 Å². The lowest BCUT2D eigenvalue weighted by molar-refractivity contribution is 0.296. The third-order valence-electron chi connectivity index (χ3n) is 2.86. The molecule has 0 aromatic heterocycles. The standard InChI is InChI=1S/C15H23NO2/c1-11(2)6-5-9-18-15-8-7-12(3)10-14(15)13(4)16-17/h7-8,10-11,17H,5-6,9H2,1-4H3/b16-13+. The van der Waals surface area contributed by atoms with Gasteiger partial charge in [0.15, 0.2) is 0 Å². The van der Waals surface area contributed by atoms with Crippen molar-refractivity contribution in [3.8, 4) is 5.75 Å². The zero-order valence-corrected chi connectivity index (χ0v) is 11.7. The Morgan fingerprint density at radius 1 is 1.39 bits per heavy atom. The average molecular weight is 249 g/mol. The van der Waals surface area contributed by atoms with Gasteiger partial charge in [0.1, 0.15) is 5.75 Å². The molecule has 3 nitrogen and oxygen atoms in total. The molecule has 100 valence electrons. The van der Waals surface area contributed by atoms with Crippen molar-refractivity contribution in [1.29, 1.82) is 0 Å². The molecule has 0 aliphatic rings. The van der Waals surface area contributed by atoms with Crippen LogP contribution in [0.5, 0.6) is 5.75 Å². The van der Waals surface area contributed by atoms with E-state index in [1.165, 1.54) is 0 Å². The monoisotopic (exact) mass is 249 g/mol. The maximum atomic E-state index is 8.88. The van der Waals surface area contributed by atoms with Gasteiger partial charge in [-0.2, -0.15) is 0 Å². The maximum Gasteiger partial charge on any atom is 0.128 e. The van der Waals surface area contributed by atoms with Gasteiger partial charge < -0.3 is 9.94 Å². The second-order valence-corrected chi connectivity index (χ2v) is 5.07. The zero-order chi connectivity index (χ0) is 13.5. The number of ether oxygens (including phenoxy) is 1. The fourth-order valence-electron chi connectivity index (χ4n) is 1.78. The van der Waals surface area contributed by atoms with Crippen molar-refractivity contribution >= 4 is 5.71 Å². The highest BCUT2D eigenvalue weighted by Gasteiger charge is 2.08. The van der Waals surface area contributed by atoms with E-state index in [2.05, 4.69) is 19.0 Å². The van der Waals surface area contributed by atoms with Gasteiger partial charge in [-0.1, -0.05) is 30.6 Å². The average Bonchev–Trinajstić information content (AvgIpc) is 2.34. The van der Waals surface area contributed by atoms with Crippen LogP contribution in [0.15, 0.2) is 23.4 Å². The largest absolute Gasteiger partial charge is 0.493 e. The Hall–Kier alpha value is -1.51. The first kappa shape index (κ1) is 14.6. The summed E-state index contributed by atoms with van der Waals surface area (Å²) in [5.41, 5.74) is 2.57. The second kappa shape index (κ2) is 7.04. The lowest BCUT2D eigenvalue weighted by Gasteiger charge is -2.12. The first-order chi connectivity index (χ1) is 8.54. The van der Waals surface area contributed by atoms with Gasteiger partial charge in [0.05, 0.1) is 12.3 Å². The SMILES string of the molecule is C/C(=N\O)c1cc(C)ccc1OCCCC(C)C. The Morgan fingerprint density at radius 3 is 2.72 bits per heavy atom. The molecule has 18 heavy (non-hydrogen) atoms. The van der Waals surface area contributed by atoms with Crippen molar-refractivity contribution < 1.29 is 9.94 Å². The number of aryl methyl sites for hydroxylation is 1. The van der Waals surface area contributed by atoms with Gasteiger partial charge in [0, 0.05) is 5.56 Å². The van der Waals surface area contributed by atoms with E-state index in [1.54, 1.807) is 6.92 Å². The predicted octanol–water partition coefficient (Wildman–Crippen LogP) is 4.01. The first-order valence-corrected chi connectivity index (χ1v) is 6.47. The van der Waals surface area contributed by atoms with Gasteiger partial charge in [-0.05, 0) is 44.7 Å². The Kier molecular flexibility index (Phi) is 5.69. The van der Waals surface area contributed by atoms with Gasteiger partial charge in [0.2, 0.25) is 0 Å². The molecule has 0 aliphatic carbocycles. The summed E-state index contributed by atoms with van der Waals surface area (Å²) >= 11 is 0. The summed E-state index contributed by atoms with van der Waals surface area (Å²) in [5, 5.41) is 12.1. The van der Waals surface area contributed by atoms with E-state index in [1.807, 2.05) is 25.1 Å². The molecule has 0 saturated heterocycles. The molecule has 1 N–H and O–H groups in total. The molecule has 1 aromatic rings. The van der Waals surface area contributed by atoms with Crippen molar-refractivity contribution in [3.05, 3.63) is 29.3 Å². The summed E-state index contributed by atoms with van der Waals surface area (Å²) in [6.07, 6.45) is 2.20. The Morgan fingerprint density at radius 2 is 2.11 bits per heavy atom. The molecule has 0 atom stereocenters. The van der Waals surface area contributed by atoms with Crippen LogP contribution in [0.2, 0.25) is 0 Å². The van der Waals surface area contributed by atoms with Crippen LogP contribution in [0.4, 0.5) is 0 Å². The van der Waals surface area contributed by atoms with Crippen LogP contribution in [0.3, 0.4) is 0 Å². The molecule has 0 amide bonds. The number of nitrogens with zero attached hydrogens (tertiary/aromatic N) is 1. The Labute approximate surface area is 109 Å². The van der Waals surface area contributed by atoms with Crippen LogP contribution in [-0.2, 0) is 0 Å². The van der Waals surface area contributed by atoms with Crippen molar-refractivity contribution in [1.82, 2.24) is 0 Å². The molecule has 0 spiro atoms. The van der Waals surface area contributed by atoms with Gasteiger partial charge in [-0.15, -0.1) is 0 Å². The first-order valence-electron chi connectivity index (χ1n) is 6.47. The summed E-state index contributed by atoms with van der Waals surface area (Å²) in [6, 6.07) is 5.92. The Bertz CT molecular complexity index is 411. The summed E-state index contributed by atoms with van der Waals surface area (Å²) in [4.78, 5) is 0. The summed E-state index contributed by atoms with van der Waals surface area (Å²) < 4.78 is 5.77. The van der Waals surface area contributed by atoms with Crippen LogP contribution in [0.1, 0.15) is 44.7 Å². The van der Waals surface area contributed by atoms with Crippen LogP contribution < -0.4 is 4.74 Å². The fraction of sp³-hybridized carbons (Fsp3) is 0.533. The normalized spacial score (nSPS) is 11.9. The number of hydrogen-bond acceptors (Lipinski definition) is 3. The molecule has 0 heterocycles. The molecule has 0 aliphatic heterocycles. The molecule has 1 rings (SSSR count). The van der Waals surface area contributed by atoms with Crippen molar-refractivity contribution in [2.75, 3.05) is 6.61 Å². The lowest BCUT2D eigenvalue weighted by Crippen LogP contribution is -2.05. The minimum Gasteiger partial charge on any atom is -0.493 e. The number of hydrogen-bond donors (Lipinski definition) is 1. The number of oxime groups is 1. The molecule has 3 heteroatoms. The van der Waals surface area contributed by atoms with E-state index in [-0.39, 0.29) is 0 Å². The van der Waals surface area contributed by atoms with E-state index in [9.17, 15) is 0 Å². The number of benzene rings is 1. The third kappa shape index (κ3) is 4.40. The highest BCUT2D eigenvalue weighted by molar-refractivity contribution is 6.00. The minimum atomic E-state index is 0.581. The third-order valence-corrected chi connectivity index (χ3v) is 2.86. The van der Waals surface area contributed by atoms with Crippen molar-refractivity contribution in [2.24, 2.45) is 11.1 Å². The molecule has 0 radical (unpaired) electrons. The Balaban J connectivity index is 2.70. The minimum absolute atomic E-state index is 0.581. The lowest BCUT2D eigenvalue weighted by atomic mass is 10.1. The molecule has 0 fully saturated rings. The predicted molar refractivity (Wildman–Crippen MR) is 74.7 cm³/mol. The summed E-state index contributed by atoms with van der Waals surface area (Å²) in [6.45, 7) is 8.90. The number of rotatable bonds is 6. The topological polar surface area (TPSA) is 41.8 Å².